The van der Waals surface area contributed by atoms with Gasteiger partial charge < -0.3 is 19.5 Å². The molecule has 2 aliphatic heterocycles. The van der Waals surface area contributed by atoms with Crippen LogP contribution in [0, 0.1) is 11.8 Å². The summed E-state index contributed by atoms with van der Waals surface area (Å²) in [5.74, 6) is 2.45. The molecule has 3 rings (SSSR count). The third-order valence-corrected chi connectivity index (χ3v) is 6.00. The van der Waals surface area contributed by atoms with Gasteiger partial charge >= 0.3 is 6.09 Å². The Labute approximate surface area is 174 Å². The van der Waals surface area contributed by atoms with E-state index in [1.807, 2.05) is 13.8 Å². The van der Waals surface area contributed by atoms with Crippen molar-refractivity contribution in [2.75, 3.05) is 27.3 Å². The number of hydrogen-bond acceptors (Lipinski definition) is 5. The zero-order valence-electron chi connectivity index (χ0n) is 18.7. The topological polar surface area (TPSA) is 60.0 Å². The maximum atomic E-state index is 12.4. The summed E-state index contributed by atoms with van der Waals surface area (Å²) in [7, 11) is 3.35. The first kappa shape index (κ1) is 21.8. The number of nitrogens with one attached hydrogen (secondary N) is 1. The van der Waals surface area contributed by atoms with E-state index in [0.717, 1.165) is 43.9 Å². The normalized spacial score (nSPS) is 24.1. The van der Waals surface area contributed by atoms with Gasteiger partial charge in [0.15, 0.2) is 11.5 Å². The summed E-state index contributed by atoms with van der Waals surface area (Å²) in [6, 6.07) is 4.52. The highest BCUT2D eigenvalue weighted by Gasteiger charge is 2.41. The predicted molar refractivity (Wildman–Crippen MR) is 114 cm³/mol. The van der Waals surface area contributed by atoms with E-state index in [-0.39, 0.29) is 24.3 Å². The number of rotatable bonds is 6. The van der Waals surface area contributed by atoms with Gasteiger partial charge in [0.25, 0.3) is 0 Å². The lowest BCUT2D eigenvalue weighted by atomic mass is 9.79. The van der Waals surface area contributed by atoms with E-state index in [4.69, 9.17) is 14.2 Å². The van der Waals surface area contributed by atoms with Crippen LogP contribution in [0.4, 0.5) is 4.79 Å². The van der Waals surface area contributed by atoms with Crippen molar-refractivity contribution in [3.63, 3.8) is 0 Å². The summed E-state index contributed by atoms with van der Waals surface area (Å²) in [6.45, 7) is 10.3. The first-order valence-corrected chi connectivity index (χ1v) is 10.8. The number of fused-ring (bicyclic) bond motifs is 3. The van der Waals surface area contributed by atoms with Gasteiger partial charge in [-0.3, -0.25) is 4.90 Å². The Morgan fingerprint density at radius 2 is 1.86 bits per heavy atom. The number of nitrogens with zero attached hydrogens (tertiary/aromatic N) is 1. The lowest BCUT2D eigenvalue weighted by molar-refractivity contribution is -0.0297. The van der Waals surface area contributed by atoms with Gasteiger partial charge in [-0.15, -0.1) is 0 Å². The molecule has 0 radical (unpaired) electrons. The van der Waals surface area contributed by atoms with Crippen LogP contribution in [-0.2, 0) is 11.2 Å². The summed E-state index contributed by atoms with van der Waals surface area (Å²) in [4.78, 5) is 14.9. The van der Waals surface area contributed by atoms with Gasteiger partial charge in [-0.25, -0.2) is 4.79 Å². The summed E-state index contributed by atoms with van der Waals surface area (Å²) in [5.41, 5.74) is 2.58. The fourth-order valence-electron chi connectivity index (χ4n) is 4.79. The van der Waals surface area contributed by atoms with Crippen LogP contribution in [0.2, 0.25) is 0 Å². The molecule has 1 aromatic rings. The van der Waals surface area contributed by atoms with Crippen molar-refractivity contribution in [1.82, 2.24) is 10.2 Å². The van der Waals surface area contributed by atoms with Crippen molar-refractivity contribution in [1.29, 1.82) is 0 Å². The molecule has 1 aromatic carbocycles. The van der Waals surface area contributed by atoms with Crippen molar-refractivity contribution >= 4 is 6.09 Å². The molecule has 2 aliphatic rings. The Hall–Kier alpha value is -1.95. The highest BCUT2D eigenvalue weighted by Crippen LogP contribution is 2.44. The van der Waals surface area contributed by atoms with E-state index in [1.54, 1.807) is 14.2 Å². The maximum absolute atomic E-state index is 12.4. The van der Waals surface area contributed by atoms with E-state index < -0.39 is 0 Å². The molecule has 6 heteroatoms. The Kier molecular flexibility index (Phi) is 6.93. The monoisotopic (exact) mass is 404 g/mol. The second kappa shape index (κ2) is 9.24. The van der Waals surface area contributed by atoms with Gasteiger partial charge in [0.1, 0.15) is 6.10 Å². The Morgan fingerprint density at radius 3 is 2.48 bits per heavy atom. The number of carbonyl (C=O) groups excluding carboxylic acids is 1. The highest BCUT2D eigenvalue weighted by atomic mass is 16.6. The average Bonchev–Trinajstić information content (AvgIpc) is 2.66. The van der Waals surface area contributed by atoms with E-state index in [9.17, 15) is 4.79 Å². The minimum atomic E-state index is -0.310. The molecular weight excluding hydrogens is 368 g/mol. The SMILES string of the molecule is COc1cc2c(cc1OC)[C@H]1C[C@@H](OC(=O)NC(C)C)[C@H](CC(C)C)CN1CC2. The van der Waals surface area contributed by atoms with Gasteiger partial charge in [0, 0.05) is 37.5 Å². The largest absolute Gasteiger partial charge is 0.493 e. The highest BCUT2D eigenvalue weighted by molar-refractivity contribution is 5.67. The minimum Gasteiger partial charge on any atom is -0.493 e. The van der Waals surface area contributed by atoms with Crippen LogP contribution in [0.25, 0.3) is 0 Å². The number of piperidine rings is 1. The van der Waals surface area contributed by atoms with E-state index in [1.165, 1.54) is 11.1 Å². The zero-order chi connectivity index (χ0) is 21.1. The fourth-order valence-corrected chi connectivity index (χ4v) is 4.79. The summed E-state index contributed by atoms with van der Waals surface area (Å²) in [5, 5.41) is 2.88. The quantitative estimate of drug-likeness (QED) is 0.771. The second-order valence-corrected chi connectivity index (χ2v) is 9.03. The molecule has 2 heterocycles. The summed E-state index contributed by atoms with van der Waals surface area (Å²) in [6.07, 6.45) is 2.47. The first-order chi connectivity index (χ1) is 13.8. The van der Waals surface area contributed by atoms with Gasteiger partial charge in [-0.1, -0.05) is 13.8 Å². The third kappa shape index (κ3) is 4.97. The van der Waals surface area contributed by atoms with Crippen LogP contribution in [0.5, 0.6) is 11.5 Å². The van der Waals surface area contributed by atoms with Gasteiger partial charge in [-0.2, -0.15) is 0 Å². The molecule has 1 fully saturated rings. The van der Waals surface area contributed by atoms with Crippen LogP contribution in [0.15, 0.2) is 12.1 Å². The molecule has 0 aliphatic carbocycles. The molecule has 0 spiro atoms. The Bertz CT molecular complexity index is 719. The van der Waals surface area contributed by atoms with Gasteiger partial charge in [0.2, 0.25) is 0 Å². The predicted octanol–water partition coefficient (Wildman–Crippen LogP) is 4.17. The lowest BCUT2D eigenvalue weighted by Crippen LogP contribution is -2.50. The van der Waals surface area contributed by atoms with Crippen molar-refractivity contribution in [3.8, 4) is 11.5 Å². The molecule has 0 bridgehead atoms. The van der Waals surface area contributed by atoms with Crippen molar-refractivity contribution in [2.45, 2.75) is 65.1 Å². The van der Waals surface area contributed by atoms with Crippen molar-refractivity contribution in [2.24, 2.45) is 11.8 Å². The molecule has 1 saturated heterocycles. The van der Waals surface area contributed by atoms with Crippen LogP contribution in [-0.4, -0.2) is 50.4 Å². The molecular formula is C23H36N2O4. The number of amides is 1. The molecule has 1 N–H and O–H groups in total. The summed E-state index contributed by atoms with van der Waals surface area (Å²) >= 11 is 0. The smallest absolute Gasteiger partial charge is 0.407 e. The average molecular weight is 405 g/mol. The molecule has 3 atom stereocenters. The number of hydrogen-bond donors (Lipinski definition) is 1. The molecule has 0 aromatic heterocycles. The van der Waals surface area contributed by atoms with Crippen molar-refractivity contribution < 1.29 is 19.0 Å². The van der Waals surface area contributed by atoms with E-state index in [2.05, 4.69) is 36.2 Å². The van der Waals surface area contributed by atoms with E-state index in [0.29, 0.717) is 11.8 Å². The maximum Gasteiger partial charge on any atom is 0.407 e. The second-order valence-electron chi connectivity index (χ2n) is 9.03. The third-order valence-electron chi connectivity index (χ3n) is 6.00. The number of benzene rings is 1. The van der Waals surface area contributed by atoms with Crippen molar-refractivity contribution in [3.05, 3.63) is 23.3 Å². The minimum absolute atomic E-state index is 0.0678. The number of alkyl carbamates (subject to hydrolysis) is 1. The molecule has 1 amide bonds. The van der Waals surface area contributed by atoms with Crippen LogP contribution >= 0.6 is 0 Å². The lowest BCUT2D eigenvalue weighted by Gasteiger charge is -2.47. The molecule has 29 heavy (non-hydrogen) atoms. The van der Waals surface area contributed by atoms with Crippen LogP contribution in [0.1, 0.15) is 57.7 Å². The number of methoxy groups -OCH3 is 2. The summed E-state index contributed by atoms with van der Waals surface area (Å²) < 4.78 is 17.0. The van der Waals surface area contributed by atoms with Crippen LogP contribution in [0.3, 0.4) is 0 Å². The first-order valence-electron chi connectivity index (χ1n) is 10.8. The molecule has 0 unspecified atom stereocenters. The Balaban J connectivity index is 1.86. The van der Waals surface area contributed by atoms with Crippen LogP contribution < -0.4 is 14.8 Å². The molecule has 0 saturated carbocycles. The van der Waals surface area contributed by atoms with E-state index >= 15 is 0 Å². The van der Waals surface area contributed by atoms with Gasteiger partial charge in [-0.05, 0) is 55.9 Å². The van der Waals surface area contributed by atoms with Gasteiger partial charge in [0.05, 0.1) is 14.2 Å². The standard InChI is InChI=1S/C23H36N2O4/c1-14(2)9-17-13-25-8-7-16-10-21(27-5)22(28-6)11-18(16)19(25)12-20(17)29-23(26)24-15(3)4/h10-11,14-15,17,19-20H,7-9,12-13H2,1-6H3,(H,24,26)/t17-,19-,20-/m1/s1. The molecule has 6 nitrogen and oxygen atoms in total. The number of carbonyl (C=O) groups is 1. The Morgan fingerprint density at radius 1 is 1.17 bits per heavy atom. The fraction of sp³-hybridized carbons (Fsp3) is 0.696. The number of ether oxygens (including phenoxy) is 3. The molecule has 162 valence electrons. The zero-order valence-corrected chi connectivity index (χ0v) is 18.7.